The van der Waals surface area contributed by atoms with Crippen LogP contribution in [0.4, 0.5) is 4.79 Å². The van der Waals surface area contributed by atoms with Crippen molar-refractivity contribution in [3.63, 3.8) is 0 Å². The lowest BCUT2D eigenvalue weighted by molar-refractivity contribution is -0.131. The molecule has 0 saturated carbocycles. The third-order valence-electron chi connectivity index (χ3n) is 6.83. The molecule has 0 bridgehead atoms. The Morgan fingerprint density at radius 3 is 2.27 bits per heavy atom. The second kappa shape index (κ2) is 6.97. The molecule has 1 fully saturated rings. The molecule has 4 rings (SSSR count). The van der Waals surface area contributed by atoms with Crippen molar-refractivity contribution >= 4 is 11.9 Å². The molecular formula is C26H32N2O2. The van der Waals surface area contributed by atoms with Crippen LogP contribution < -0.4 is 5.32 Å². The number of hydrogen-bond donors (Lipinski definition) is 1. The van der Waals surface area contributed by atoms with Gasteiger partial charge in [0.25, 0.3) is 5.91 Å². The van der Waals surface area contributed by atoms with Gasteiger partial charge in [0.2, 0.25) is 0 Å². The average Bonchev–Trinajstić information content (AvgIpc) is 3.21. The van der Waals surface area contributed by atoms with E-state index >= 15 is 0 Å². The summed E-state index contributed by atoms with van der Waals surface area (Å²) in [5.74, 6) is -0.177. The van der Waals surface area contributed by atoms with E-state index in [1.54, 1.807) is 0 Å². The maximum Gasteiger partial charge on any atom is 0.325 e. The van der Waals surface area contributed by atoms with Crippen LogP contribution in [0.15, 0.2) is 30.3 Å². The van der Waals surface area contributed by atoms with Crippen molar-refractivity contribution < 1.29 is 9.59 Å². The highest BCUT2D eigenvalue weighted by atomic mass is 16.2. The molecule has 1 heterocycles. The summed E-state index contributed by atoms with van der Waals surface area (Å²) < 4.78 is 0. The molecule has 1 atom stereocenters. The molecule has 0 radical (unpaired) electrons. The number of imide groups is 1. The Labute approximate surface area is 179 Å². The first kappa shape index (κ1) is 20.6. The molecule has 2 aromatic carbocycles. The minimum atomic E-state index is -1.01. The van der Waals surface area contributed by atoms with E-state index in [2.05, 4.69) is 64.2 Å². The van der Waals surface area contributed by atoms with Crippen LogP contribution in [-0.2, 0) is 35.1 Å². The minimum absolute atomic E-state index is 0.0566. The van der Waals surface area contributed by atoms with Crippen molar-refractivity contribution in [2.75, 3.05) is 0 Å². The number of carbonyl (C=O) groups is 2. The Morgan fingerprint density at radius 1 is 1.00 bits per heavy atom. The van der Waals surface area contributed by atoms with Crippen molar-refractivity contribution in [3.05, 3.63) is 69.3 Å². The van der Waals surface area contributed by atoms with E-state index in [1.807, 2.05) is 13.0 Å². The lowest BCUT2D eigenvalue weighted by Crippen LogP contribution is -2.41. The van der Waals surface area contributed by atoms with Gasteiger partial charge in [-0.25, -0.2) is 4.79 Å². The van der Waals surface area contributed by atoms with Gasteiger partial charge in [-0.1, -0.05) is 51.1 Å². The summed E-state index contributed by atoms with van der Waals surface area (Å²) in [5.41, 5.74) is 7.13. The number of urea groups is 1. The molecule has 0 aromatic heterocycles. The fraction of sp³-hybridized carbons (Fsp3) is 0.462. The van der Waals surface area contributed by atoms with Crippen molar-refractivity contribution in [1.82, 2.24) is 10.2 Å². The number of aryl methyl sites for hydroxylation is 4. The predicted octanol–water partition coefficient (Wildman–Crippen LogP) is 5.06. The molecule has 4 nitrogen and oxygen atoms in total. The third kappa shape index (κ3) is 3.32. The van der Waals surface area contributed by atoms with Crippen LogP contribution in [0.3, 0.4) is 0 Å². The number of amides is 3. The molecule has 1 aliphatic heterocycles. The van der Waals surface area contributed by atoms with Gasteiger partial charge in [-0.15, -0.1) is 0 Å². The summed E-state index contributed by atoms with van der Waals surface area (Å²) in [4.78, 5) is 27.7. The van der Waals surface area contributed by atoms with E-state index in [4.69, 9.17) is 0 Å². The van der Waals surface area contributed by atoms with Crippen molar-refractivity contribution in [1.29, 1.82) is 0 Å². The van der Waals surface area contributed by atoms with E-state index in [0.29, 0.717) is 6.54 Å². The maximum absolute atomic E-state index is 13.4. The molecule has 0 spiro atoms. The van der Waals surface area contributed by atoms with Crippen LogP contribution in [0.1, 0.15) is 73.1 Å². The molecule has 2 aliphatic rings. The second-order valence-corrected chi connectivity index (χ2v) is 10.1. The molecular weight excluding hydrogens is 372 g/mol. The average molecular weight is 405 g/mol. The number of nitrogens with one attached hydrogen (secondary N) is 1. The quantitative estimate of drug-likeness (QED) is 0.727. The van der Waals surface area contributed by atoms with Crippen LogP contribution in [0.25, 0.3) is 0 Å². The molecule has 1 N–H and O–H groups in total. The molecule has 1 aliphatic carbocycles. The zero-order valence-corrected chi connectivity index (χ0v) is 19.0. The molecule has 158 valence electrons. The molecule has 2 aromatic rings. The Balaban J connectivity index is 1.64. The number of benzene rings is 2. The minimum Gasteiger partial charge on any atom is -0.319 e. The van der Waals surface area contributed by atoms with Gasteiger partial charge in [0, 0.05) is 0 Å². The van der Waals surface area contributed by atoms with Crippen LogP contribution in [0, 0.1) is 13.8 Å². The molecule has 3 amide bonds. The standard InChI is InChI=1S/C26H32N2O2/c1-16-12-21(25(3,4)5)13-17(2)22(16)15-28-23(29)26(6,27-24(28)30)20-11-10-18-8-7-9-19(18)14-20/h10-14H,7-9,15H2,1-6H3,(H,27,30)/t26-/m0/s1. The first-order valence-corrected chi connectivity index (χ1v) is 10.9. The van der Waals surface area contributed by atoms with Gasteiger partial charge < -0.3 is 5.32 Å². The van der Waals surface area contributed by atoms with Crippen LogP contribution in [0.2, 0.25) is 0 Å². The molecule has 30 heavy (non-hydrogen) atoms. The van der Waals surface area contributed by atoms with Crippen LogP contribution in [0.5, 0.6) is 0 Å². The van der Waals surface area contributed by atoms with Crippen LogP contribution >= 0.6 is 0 Å². The smallest absolute Gasteiger partial charge is 0.319 e. The second-order valence-electron chi connectivity index (χ2n) is 10.1. The number of rotatable bonds is 3. The molecule has 4 heteroatoms. The van der Waals surface area contributed by atoms with Gasteiger partial charge >= 0.3 is 6.03 Å². The van der Waals surface area contributed by atoms with Crippen molar-refractivity contribution in [2.24, 2.45) is 0 Å². The lowest BCUT2D eigenvalue weighted by atomic mass is 9.83. The topological polar surface area (TPSA) is 49.4 Å². The Morgan fingerprint density at radius 2 is 1.63 bits per heavy atom. The summed E-state index contributed by atoms with van der Waals surface area (Å²) in [5, 5.41) is 2.97. The zero-order valence-electron chi connectivity index (χ0n) is 19.0. The highest BCUT2D eigenvalue weighted by Gasteiger charge is 2.49. The largest absolute Gasteiger partial charge is 0.325 e. The fourth-order valence-electron chi connectivity index (χ4n) is 4.75. The van der Waals surface area contributed by atoms with Gasteiger partial charge in [-0.05, 0) is 84.4 Å². The third-order valence-corrected chi connectivity index (χ3v) is 6.83. The number of nitrogens with zero attached hydrogens (tertiary/aromatic N) is 1. The van der Waals surface area contributed by atoms with Gasteiger partial charge in [-0.3, -0.25) is 9.69 Å². The predicted molar refractivity (Wildman–Crippen MR) is 120 cm³/mol. The summed E-state index contributed by atoms with van der Waals surface area (Å²) in [6, 6.07) is 10.3. The zero-order chi connectivity index (χ0) is 21.8. The van der Waals surface area contributed by atoms with E-state index in [0.717, 1.165) is 41.5 Å². The maximum atomic E-state index is 13.4. The van der Waals surface area contributed by atoms with E-state index in [1.165, 1.54) is 21.6 Å². The molecule has 1 saturated heterocycles. The van der Waals surface area contributed by atoms with Crippen molar-refractivity contribution in [3.8, 4) is 0 Å². The number of fused-ring (bicyclic) bond motifs is 1. The SMILES string of the molecule is Cc1cc(C(C)(C)C)cc(C)c1CN1C(=O)N[C@@](C)(c2ccc3c(c2)CCC3)C1=O. The lowest BCUT2D eigenvalue weighted by Gasteiger charge is -2.25. The summed E-state index contributed by atoms with van der Waals surface area (Å²) >= 11 is 0. The van der Waals surface area contributed by atoms with Crippen molar-refractivity contribution in [2.45, 2.75) is 78.3 Å². The normalized spacial score (nSPS) is 21.2. The number of carbonyl (C=O) groups excluding carboxylic acids is 2. The number of hydrogen-bond acceptors (Lipinski definition) is 2. The van der Waals surface area contributed by atoms with Gasteiger partial charge in [-0.2, -0.15) is 0 Å². The Bertz CT molecular complexity index is 1020. The van der Waals surface area contributed by atoms with Gasteiger partial charge in [0.05, 0.1) is 6.54 Å². The summed E-state index contributed by atoms with van der Waals surface area (Å²) in [7, 11) is 0. The van der Waals surface area contributed by atoms with E-state index in [-0.39, 0.29) is 17.4 Å². The summed E-state index contributed by atoms with van der Waals surface area (Å²) in [6.07, 6.45) is 3.30. The van der Waals surface area contributed by atoms with Crippen LogP contribution in [-0.4, -0.2) is 16.8 Å². The Hall–Kier alpha value is -2.62. The first-order valence-electron chi connectivity index (χ1n) is 10.9. The van der Waals surface area contributed by atoms with E-state index < -0.39 is 5.54 Å². The van der Waals surface area contributed by atoms with Gasteiger partial charge in [0.1, 0.15) is 5.54 Å². The monoisotopic (exact) mass is 404 g/mol. The summed E-state index contributed by atoms with van der Waals surface area (Å²) in [6.45, 7) is 12.8. The molecule has 0 unspecified atom stereocenters. The highest BCUT2D eigenvalue weighted by molar-refractivity contribution is 6.07. The Kier molecular flexibility index (Phi) is 4.80. The fourth-order valence-corrected chi connectivity index (χ4v) is 4.75. The van der Waals surface area contributed by atoms with Gasteiger partial charge in [0.15, 0.2) is 0 Å². The first-order chi connectivity index (χ1) is 14.0. The highest BCUT2D eigenvalue weighted by Crippen LogP contribution is 2.34. The van der Waals surface area contributed by atoms with E-state index in [9.17, 15) is 9.59 Å².